The predicted octanol–water partition coefficient (Wildman–Crippen LogP) is 6.03. The highest BCUT2D eigenvalue weighted by Crippen LogP contribution is 2.36. The molecule has 3 aromatic rings. The predicted molar refractivity (Wildman–Crippen MR) is 135 cm³/mol. The fourth-order valence-corrected chi connectivity index (χ4v) is 5.20. The first-order chi connectivity index (χ1) is 17.1. The van der Waals surface area contributed by atoms with Crippen LogP contribution < -0.4 is 9.47 Å². The molecule has 2 fully saturated rings. The quantitative estimate of drug-likeness (QED) is 0.420. The molecule has 0 unspecified atom stereocenters. The fraction of sp³-hybridized carbons (Fsp3) is 0.345. The number of amides is 1. The van der Waals surface area contributed by atoms with Crippen LogP contribution in [0, 0.1) is 0 Å². The number of ether oxygens (including phenoxy) is 3. The third-order valence-corrected chi connectivity index (χ3v) is 7.00. The number of hydrogen-bond acceptors (Lipinski definition) is 5. The fourth-order valence-electron chi connectivity index (χ4n) is 5.20. The van der Waals surface area contributed by atoms with E-state index in [1.807, 2.05) is 71.6 Å². The minimum absolute atomic E-state index is 0.0326. The number of benzene rings is 3. The van der Waals surface area contributed by atoms with Crippen LogP contribution in [0.1, 0.15) is 37.0 Å². The summed E-state index contributed by atoms with van der Waals surface area (Å²) >= 11 is 0. The van der Waals surface area contributed by atoms with Crippen LogP contribution >= 0.6 is 0 Å². The van der Waals surface area contributed by atoms with Crippen molar-refractivity contribution in [1.29, 1.82) is 0 Å². The van der Waals surface area contributed by atoms with Crippen LogP contribution in [-0.4, -0.2) is 48.2 Å². The summed E-state index contributed by atoms with van der Waals surface area (Å²) in [6.07, 6.45) is 1.50. The molecule has 35 heavy (non-hydrogen) atoms. The average Bonchev–Trinajstić information content (AvgIpc) is 3.19. The third kappa shape index (κ3) is 5.13. The van der Waals surface area contributed by atoms with Crippen LogP contribution in [0.15, 0.2) is 78.9 Å². The minimum Gasteiger partial charge on any atom is -0.493 e. The van der Waals surface area contributed by atoms with Crippen LogP contribution in [0.2, 0.25) is 0 Å². The summed E-state index contributed by atoms with van der Waals surface area (Å²) in [4.78, 5) is 17.2. The van der Waals surface area contributed by atoms with Crippen molar-refractivity contribution in [3.05, 3.63) is 90.0 Å². The summed E-state index contributed by atoms with van der Waals surface area (Å²) in [7, 11) is 1.65. The molecule has 0 aliphatic carbocycles. The molecule has 2 heterocycles. The van der Waals surface area contributed by atoms with Gasteiger partial charge in [0.2, 0.25) is 0 Å². The van der Waals surface area contributed by atoms with Gasteiger partial charge in [-0.05, 0) is 55.2 Å². The molecule has 1 amide bonds. The Morgan fingerprint density at radius 3 is 2.37 bits per heavy atom. The molecule has 0 bridgehead atoms. The number of hydrogen-bond donors (Lipinski definition) is 0. The van der Waals surface area contributed by atoms with E-state index >= 15 is 0 Å². The number of likely N-dealkylation sites (tertiary alicyclic amines) is 1. The Kier molecular flexibility index (Phi) is 6.91. The number of cyclic esters (lactones) is 1. The lowest BCUT2D eigenvalue weighted by atomic mass is 9.98. The highest BCUT2D eigenvalue weighted by molar-refractivity contribution is 5.71. The highest BCUT2D eigenvalue weighted by atomic mass is 16.6. The second-order valence-electron chi connectivity index (χ2n) is 9.27. The lowest BCUT2D eigenvalue weighted by Crippen LogP contribution is -2.47. The molecule has 2 aliphatic rings. The van der Waals surface area contributed by atoms with Crippen LogP contribution in [0.5, 0.6) is 17.2 Å². The van der Waals surface area contributed by atoms with Gasteiger partial charge in [0.1, 0.15) is 11.9 Å². The van der Waals surface area contributed by atoms with Crippen LogP contribution in [0.4, 0.5) is 4.79 Å². The van der Waals surface area contributed by atoms with E-state index in [1.54, 1.807) is 7.11 Å². The van der Waals surface area contributed by atoms with Crippen molar-refractivity contribution >= 4 is 6.09 Å². The molecule has 182 valence electrons. The minimum atomic E-state index is -0.201. The standard InChI is InChI=1S/C29H32N2O4/c1-21-28(23-10-4-3-5-11-23)35-29(32)31(21)24-15-17-30(18-16-24)20-22-9-8-12-25(19-22)34-27-14-7-6-13-26(27)33-2/h3-14,19,21,24,28H,15-18,20H2,1-2H3/t21-,28-/m0/s1. The number of rotatable bonds is 7. The Bertz CT molecular complexity index is 1140. The molecular weight excluding hydrogens is 440 g/mol. The largest absolute Gasteiger partial charge is 0.493 e. The molecule has 6 heteroatoms. The molecule has 2 saturated heterocycles. The maximum atomic E-state index is 12.7. The molecule has 5 rings (SSSR count). The molecule has 0 aromatic heterocycles. The van der Waals surface area contributed by atoms with E-state index in [2.05, 4.69) is 24.0 Å². The maximum Gasteiger partial charge on any atom is 0.411 e. The molecular formula is C29H32N2O4. The zero-order valence-electron chi connectivity index (χ0n) is 20.3. The van der Waals surface area contributed by atoms with Gasteiger partial charge in [-0.2, -0.15) is 0 Å². The van der Waals surface area contributed by atoms with Gasteiger partial charge in [0, 0.05) is 25.7 Å². The van der Waals surface area contributed by atoms with Gasteiger partial charge in [-0.3, -0.25) is 9.80 Å². The van der Waals surface area contributed by atoms with Gasteiger partial charge in [-0.25, -0.2) is 4.79 Å². The van der Waals surface area contributed by atoms with Gasteiger partial charge in [0.15, 0.2) is 11.5 Å². The van der Waals surface area contributed by atoms with Gasteiger partial charge in [0.25, 0.3) is 0 Å². The van der Waals surface area contributed by atoms with Crippen LogP contribution in [-0.2, 0) is 11.3 Å². The molecule has 2 aliphatic heterocycles. The SMILES string of the molecule is COc1ccccc1Oc1cccc(CN2CCC(N3C(=O)O[C@H](c4ccccc4)[C@@H]3C)CC2)c1. The lowest BCUT2D eigenvalue weighted by molar-refractivity contribution is 0.106. The molecule has 0 N–H and O–H groups in total. The lowest BCUT2D eigenvalue weighted by Gasteiger charge is -2.37. The molecule has 0 radical (unpaired) electrons. The summed E-state index contributed by atoms with van der Waals surface area (Å²) in [5, 5.41) is 0. The highest BCUT2D eigenvalue weighted by Gasteiger charge is 2.43. The molecule has 3 aromatic carbocycles. The van der Waals surface area contributed by atoms with Gasteiger partial charge in [-0.15, -0.1) is 0 Å². The van der Waals surface area contributed by atoms with E-state index in [1.165, 1.54) is 5.56 Å². The summed E-state index contributed by atoms with van der Waals surface area (Å²) < 4.78 is 17.3. The number of carbonyl (C=O) groups excluding carboxylic acids is 1. The molecule has 0 saturated carbocycles. The Balaban J connectivity index is 1.18. The van der Waals surface area contributed by atoms with Crippen molar-refractivity contribution in [3.63, 3.8) is 0 Å². The van der Waals surface area contributed by atoms with Crippen molar-refractivity contribution in [2.75, 3.05) is 20.2 Å². The Morgan fingerprint density at radius 2 is 1.63 bits per heavy atom. The maximum absolute atomic E-state index is 12.7. The Hall–Kier alpha value is -3.51. The third-order valence-electron chi connectivity index (χ3n) is 7.00. The first kappa shape index (κ1) is 23.2. The summed E-state index contributed by atoms with van der Waals surface area (Å²) in [5.74, 6) is 2.21. The number of para-hydroxylation sites is 2. The van der Waals surface area contributed by atoms with Crippen molar-refractivity contribution in [1.82, 2.24) is 9.80 Å². The van der Waals surface area contributed by atoms with E-state index in [0.717, 1.165) is 43.8 Å². The van der Waals surface area contributed by atoms with Gasteiger partial charge >= 0.3 is 6.09 Å². The van der Waals surface area contributed by atoms with E-state index in [4.69, 9.17) is 14.2 Å². The molecule has 6 nitrogen and oxygen atoms in total. The summed E-state index contributed by atoms with van der Waals surface area (Å²) in [6.45, 7) is 4.83. The number of piperidine rings is 1. The Labute approximate surface area is 207 Å². The van der Waals surface area contributed by atoms with E-state index < -0.39 is 0 Å². The van der Waals surface area contributed by atoms with Crippen molar-refractivity contribution in [2.24, 2.45) is 0 Å². The number of carbonyl (C=O) groups is 1. The van der Waals surface area contributed by atoms with Crippen molar-refractivity contribution in [3.8, 4) is 17.2 Å². The first-order valence-electron chi connectivity index (χ1n) is 12.3. The second-order valence-corrected chi connectivity index (χ2v) is 9.27. The number of nitrogens with zero attached hydrogens (tertiary/aromatic N) is 2. The van der Waals surface area contributed by atoms with Gasteiger partial charge < -0.3 is 14.2 Å². The first-order valence-corrected chi connectivity index (χ1v) is 12.3. The van der Waals surface area contributed by atoms with E-state index in [-0.39, 0.29) is 24.3 Å². The zero-order valence-corrected chi connectivity index (χ0v) is 20.3. The molecule has 0 spiro atoms. The summed E-state index contributed by atoms with van der Waals surface area (Å²) in [6, 6.07) is 26.1. The second kappa shape index (κ2) is 10.4. The molecule has 2 atom stereocenters. The summed E-state index contributed by atoms with van der Waals surface area (Å²) in [5.41, 5.74) is 2.26. The topological polar surface area (TPSA) is 51.2 Å². The average molecular weight is 473 g/mol. The zero-order chi connectivity index (χ0) is 24.2. The Morgan fingerprint density at radius 1 is 0.914 bits per heavy atom. The normalized spacial score (nSPS) is 21.1. The number of methoxy groups -OCH3 is 1. The van der Waals surface area contributed by atoms with Crippen LogP contribution in [0.3, 0.4) is 0 Å². The smallest absolute Gasteiger partial charge is 0.411 e. The van der Waals surface area contributed by atoms with Crippen molar-refractivity contribution < 1.29 is 19.0 Å². The van der Waals surface area contributed by atoms with E-state index in [9.17, 15) is 4.79 Å². The van der Waals surface area contributed by atoms with Crippen LogP contribution in [0.25, 0.3) is 0 Å². The van der Waals surface area contributed by atoms with Crippen molar-refractivity contribution in [2.45, 2.75) is 44.5 Å². The van der Waals surface area contributed by atoms with E-state index in [0.29, 0.717) is 11.5 Å². The monoisotopic (exact) mass is 472 g/mol. The van der Waals surface area contributed by atoms with Gasteiger partial charge in [-0.1, -0.05) is 54.6 Å². The van der Waals surface area contributed by atoms with Gasteiger partial charge in [0.05, 0.1) is 13.2 Å².